The van der Waals surface area contributed by atoms with E-state index < -0.39 is 40.6 Å². The normalized spacial score (nSPS) is 18.6. The Hall–Kier alpha value is -2.80. The van der Waals surface area contributed by atoms with Gasteiger partial charge in [0, 0.05) is 35.2 Å². The van der Waals surface area contributed by atoms with E-state index >= 15 is 0 Å². The van der Waals surface area contributed by atoms with Crippen LogP contribution in [0.25, 0.3) is 10.9 Å². The number of alkyl halides is 6. The van der Waals surface area contributed by atoms with Gasteiger partial charge in [0.15, 0.2) is 5.69 Å². The fourth-order valence-corrected chi connectivity index (χ4v) is 5.38. The Morgan fingerprint density at radius 1 is 1.08 bits per heavy atom. The van der Waals surface area contributed by atoms with Crippen LogP contribution in [0.3, 0.4) is 0 Å². The van der Waals surface area contributed by atoms with Crippen LogP contribution in [0, 0.1) is 0 Å². The molecule has 1 N–H and O–H groups in total. The molecule has 14 heteroatoms. The molecule has 2 heterocycles. The van der Waals surface area contributed by atoms with Crippen LogP contribution in [0.2, 0.25) is 5.02 Å². The lowest BCUT2D eigenvalue weighted by Gasteiger charge is -2.37. The monoisotopic (exact) mass is 566 g/mol. The van der Waals surface area contributed by atoms with Crippen LogP contribution >= 0.6 is 22.9 Å². The first-order valence-electron chi connectivity index (χ1n) is 11.1. The van der Waals surface area contributed by atoms with Crippen molar-refractivity contribution >= 4 is 45.4 Å². The van der Waals surface area contributed by atoms with E-state index in [4.69, 9.17) is 16.3 Å². The van der Waals surface area contributed by atoms with Crippen LogP contribution < -0.4 is 15.0 Å². The van der Waals surface area contributed by atoms with Crippen molar-refractivity contribution < 1.29 is 35.9 Å². The minimum atomic E-state index is -4.81. The second-order valence-electron chi connectivity index (χ2n) is 8.64. The molecule has 2 aromatic heterocycles. The third kappa shape index (κ3) is 5.87. The predicted octanol–water partition coefficient (Wildman–Crippen LogP) is 6.57. The molecular formula is C23H21ClF6N4O2S. The molecule has 0 atom stereocenters. The second-order valence-corrected chi connectivity index (χ2v) is 10.0. The fourth-order valence-electron chi connectivity index (χ4n) is 4.41. The van der Waals surface area contributed by atoms with Gasteiger partial charge in [0.1, 0.15) is 10.6 Å². The van der Waals surface area contributed by atoms with Crippen LogP contribution in [-0.4, -0.2) is 42.1 Å². The van der Waals surface area contributed by atoms with Crippen molar-refractivity contribution in [3.8, 4) is 5.19 Å². The van der Waals surface area contributed by atoms with Gasteiger partial charge in [-0.15, -0.1) is 0 Å². The van der Waals surface area contributed by atoms with E-state index in [9.17, 15) is 31.1 Å². The quantitative estimate of drug-likeness (QED) is 0.354. The van der Waals surface area contributed by atoms with Crippen LogP contribution in [0.5, 0.6) is 5.19 Å². The number of halogens is 7. The number of benzene rings is 1. The smallest absolute Gasteiger partial charge is 0.435 e. The molecule has 0 unspecified atom stereocenters. The molecule has 0 radical (unpaired) electrons. The van der Waals surface area contributed by atoms with Crippen molar-refractivity contribution in [2.24, 2.45) is 0 Å². The molecule has 3 aromatic rings. The SMILES string of the molecule is COc1nc(C(F)(F)F)c(C(=O)N[C@H]2CC[C@@H](N(C)c3cc(C(F)(F)F)nc4ccc(Cl)cc34)CC2)s1. The number of amides is 1. The summed E-state index contributed by atoms with van der Waals surface area (Å²) in [5.74, 6) is -0.894. The van der Waals surface area contributed by atoms with Gasteiger partial charge in [-0.05, 0) is 49.9 Å². The number of pyridine rings is 1. The minimum Gasteiger partial charge on any atom is -0.473 e. The molecule has 200 valence electrons. The zero-order valence-electron chi connectivity index (χ0n) is 19.5. The molecule has 0 spiro atoms. The van der Waals surface area contributed by atoms with E-state index in [1.54, 1.807) is 18.0 Å². The maximum Gasteiger partial charge on any atom is 0.435 e. The molecule has 1 fully saturated rings. The summed E-state index contributed by atoms with van der Waals surface area (Å²) in [6.45, 7) is 0. The highest BCUT2D eigenvalue weighted by Gasteiger charge is 2.40. The second kappa shape index (κ2) is 10.2. The number of fused-ring (bicyclic) bond motifs is 1. The van der Waals surface area contributed by atoms with Gasteiger partial charge in [0.05, 0.1) is 12.6 Å². The van der Waals surface area contributed by atoms with Crippen LogP contribution in [0.15, 0.2) is 24.3 Å². The van der Waals surface area contributed by atoms with Crippen molar-refractivity contribution in [1.29, 1.82) is 0 Å². The summed E-state index contributed by atoms with van der Waals surface area (Å²) in [6.07, 6.45) is -7.62. The summed E-state index contributed by atoms with van der Waals surface area (Å²) in [5.41, 5.74) is -1.85. The molecule has 37 heavy (non-hydrogen) atoms. The number of carbonyl (C=O) groups excluding carboxylic acids is 1. The topological polar surface area (TPSA) is 67.3 Å². The third-order valence-corrected chi connectivity index (χ3v) is 7.51. The van der Waals surface area contributed by atoms with Crippen molar-refractivity contribution in [3.05, 3.63) is 45.6 Å². The highest BCUT2D eigenvalue weighted by Crippen LogP contribution is 2.39. The molecule has 1 saturated carbocycles. The van der Waals surface area contributed by atoms with Crippen LogP contribution in [0.1, 0.15) is 46.7 Å². The highest BCUT2D eigenvalue weighted by atomic mass is 35.5. The number of anilines is 1. The summed E-state index contributed by atoms with van der Waals surface area (Å²) in [7, 11) is 2.84. The average molecular weight is 567 g/mol. The summed E-state index contributed by atoms with van der Waals surface area (Å²) >= 11 is 6.60. The Kier molecular flexibility index (Phi) is 7.48. The molecular weight excluding hydrogens is 546 g/mol. The first kappa shape index (κ1) is 27.2. The molecule has 4 rings (SSSR count). The lowest BCUT2D eigenvalue weighted by Crippen LogP contribution is -2.43. The van der Waals surface area contributed by atoms with E-state index in [0.717, 1.165) is 13.2 Å². The lowest BCUT2D eigenvalue weighted by atomic mass is 9.89. The van der Waals surface area contributed by atoms with Gasteiger partial charge in [-0.2, -0.15) is 31.3 Å². The van der Waals surface area contributed by atoms with Crippen molar-refractivity contribution in [1.82, 2.24) is 15.3 Å². The lowest BCUT2D eigenvalue weighted by molar-refractivity contribution is -0.141. The summed E-state index contributed by atoms with van der Waals surface area (Å²) in [5, 5.41) is 3.18. The molecule has 1 aromatic carbocycles. The van der Waals surface area contributed by atoms with E-state index in [0.29, 0.717) is 53.1 Å². The number of aromatic nitrogens is 2. The third-order valence-electron chi connectivity index (χ3n) is 6.26. The first-order chi connectivity index (χ1) is 17.3. The Morgan fingerprint density at radius 2 is 1.76 bits per heavy atom. The largest absolute Gasteiger partial charge is 0.473 e. The van der Waals surface area contributed by atoms with Crippen LogP contribution in [0.4, 0.5) is 32.0 Å². The number of hydrogen-bond acceptors (Lipinski definition) is 6. The highest BCUT2D eigenvalue weighted by molar-refractivity contribution is 7.15. The number of hydrogen-bond donors (Lipinski definition) is 1. The number of ether oxygens (including phenoxy) is 1. The molecule has 1 aliphatic rings. The molecule has 1 aliphatic carbocycles. The number of methoxy groups -OCH3 is 1. The number of rotatable bonds is 5. The van der Waals surface area contributed by atoms with Gasteiger partial charge in [0.25, 0.3) is 11.1 Å². The van der Waals surface area contributed by atoms with Gasteiger partial charge in [0.2, 0.25) is 0 Å². The zero-order valence-corrected chi connectivity index (χ0v) is 21.1. The molecule has 1 amide bonds. The predicted molar refractivity (Wildman–Crippen MR) is 127 cm³/mol. The Morgan fingerprint density at radius 3 is 2.35 bits per heavy atom. The average Bonchev–Trinajstić information content (AvgIpc) is 3.28. The Bertz CT molecular complexity index is 1300. The number of thiazole rings is 1. The maximum absolute atomic E-state index is 13.5. The fraction of sp³-hybridized carbons (Fsp3) is 0.435. The zero-order chi connectivity index (χ0) is 27.1. The first-order valence-corrected chi connectivity index (χ1v) is 12.3. The number of carbonyl (C=O) groups is 1. The van der Waals surface area contributed by atoms with Gasteiger partial charge in [-0.25, -0.2) is 4.98 Å². The van der Waals surface area contributed by atoms with Gasteiger partial charge < -0.3 is 15.0 Å². The standard InChI is InChI=1S/C23H21ClF6N4O2S/c1-34(16-10-17(22(25,26)27)32-15-8-3-11(24)9-14(15)16)13-6-4-12(5-7-13)31-20(35)18-19(23(28,29)30)33-21(36-2)37-18/h3,8-10,12-13H,4-7H2,1-2H3,(H,31,35)/t12-,13+. The molecule has 6 nitrogen and oxygen atoms in total. The van der Waals surface area contributed by atoms with Gasteiger partial charge in [-0.3, -0.25) is 4.79 Å². The van der Waals surface area contributed by atoms with Crippen molar-refractivity contribution in [2.45, 2.75) is 50.1 Å². The Labute approximate surface area is 216 Å². The van der Waals surface area contributed by atoms with E-state index in [2.05, 4.69) is 15.3 Å². The maximum atomic E-state index is 13.5. The van der Waals surface area contributed by atoms with Crippen LogP contribution in [-0.2, 0) is 12.4 Å². The summed E-state index contributed by atoms with van der Waals surface area (Å²) in [4.78, 5) is 20.9. The van der Waals surface area contributed by atoms with Crippen molar-refractivity contribution in [2.75, 3.05) is 19.1 Å². The van der Waals surface area contributed by atoms with E-state index in [1.165, 1.54) is 12.1 Å². The summed E-state index contributed by atoms with van der Waals surface area (Å²) in [6, 6.07) is 4.87. The number of nitrogens with zero attached hydrogens (tertiary/aromatic N) is 3. The minimum absolute atomic E-state index is 0.155. The van der Waals surface area contributed by atoms with Gasteiger partial charge >= 0.3 is 12.4 Å². The van der Waals surface area contributed by atoms with Gasteiger partial charge in [-0.1, -0.05) is 22.9 Å². The van der Waals surface area contributed by atoms with Crippen molar-refractivity contribution in [3.63, 3.8) is 0 Å². The molecule has 0 saturated heterocycles. The Balaban J connectivity index is 1.49. The van der Waals surface area contributed by atoms with E-state index in [1.807, 2.05) is 0 Å². The summed E-state index contributed by atoms with van der Waals surface area (Å²) < 4.78 is 85.1. The molecule has 0 bridgehead atoms. The molecule has 0 aliphatic heterocycles. The van der Waals surface area contributed by atoms with E-state index in [-0.39, 0.29) is 16.8 Å². The number of nitrogens with one attached hydrogen (secondary N) is 1.